The minimum atomic E-state index is 0.400. The van der Waals surface area contributed by atoms with E-state index in [-0.39, 0.29) is 0 Å². The zero-order valence-electron chi connectivity index (χ0n) is 15.0. The van der Waals surface area contributed by atoms with Crippen molar-refractivity contribution in [1.82, 2.24) is 14.5 Å². The average molecular weight is 336 g/mol. The van der Waals surface area contributed by atoms with Crippen LogP contribution in [0.3, 0.4) is 0 Å². The number of aryl methyl sites for hydroxylation is 1. The van der Waals surface area contributed by atoms with Gasteiger partial charge in [0.15, 0.2) is 0 Å². The number of rotatable bonds is 5. The number of anilines is 2. The van der Waals surface area contributed by atoms with Crippen LogP contribution in [0.4, 0.5) is 11.5 Å². The summed E-state index contributed by atoms with van der Waals surface area (Å²) in [6.45, 7) is 9.19. The molecule has 4 rings (SSSR count). The van der Waals surface area contributed by atoms with E-state index in [0.717, 1.165) is 42.2 Å². The van der Waals surface area contributed by atoms with Crippen molar-refractivity contribution in [3.05, 3.63) is 48.0 Å². The van der Waals surface area contributed by atoms with Gasteiger partial charge in [0.05, 0.1) is 18.7 Å². The summed E-state index contributed by atoms with van der Waals surface area (Å²) >= 11 is 0. The number of aromatic nitrogens is 3. The van der Waals surface area contributed by atoms with Crippen LogP contribution in [0.2, 0.25) is 0 Å². The molecule has 25 heavy (non-hydrogen) atoms. The molecule has 0 unspecified atom stereocenters. The van der Waals surface area contributed by atoms with Crippen LogP contribution < -0.4 is 5.32 Å². The van der Waals surface area contributed by atoms with Crippen LogP contribution in [0.1, 0.15) is 30.9 Å². The first kappa shape index (κ1) is 16.1. The third-order valence-electron chi connectivity index (χ3n) is 4.89. The number of nitrogens with one attached hydrogen (secondary N) is 1. The second-order valence-corrected chi connectivity index (χ2v) is 7.16. The van der Waals surface area contributed by atoms with E-state index in [4.69, 9.17) is 4.74 Å². The molecule has 0 radical (unpaired) electrons. The van der Waals surface area contributed by atoms with Gasteiger partial charge in [-0.3, -0.25) is 4.98 Å². The van der Waals surface area contributed by atoms with E-state index in [1.54, 1.807) is 0 Å². The maximum absolute atomic E-state index is 5.30. The largest absolute Gasteiger partial charge is 0.381 e. The Morgan fingerprint density at radius 1 is 1.28 bits per heavy atom. The van der Waals surface area contributed by atoms with Crippen molar-refractivity contribution in [2.24, 2.45) is 5.92 Å². The molecule has 0 aliphatic carbocycles. The molecule has 3 aromatic rings. The molecular weight excluding hydrogens is 312 g/mol. The number of hydrogen-bond acceptors (Lipinski definition) is 4. The Morgan fingerprint density at radius 3 is 2.84 bits per heavy atom. The summed E-state index contributed by atoms with van der Waals surface area (Å²) in [6, 6.07) is 4.23. The number of pyridine rings is 2. The Bertz CT molecular complexity index is 896. The van der Waals surface area contributed by atoms with Crippen LogP contribution in [0, 0.1) is 12.8 Å². The molecule has 1 N–H and O–H groups in total. The van der Waals surface area contributed by atoms with Crippen molar-refractivity contribution >= 4 is 22.4 Å². The Kier molecular flexibility index (Phi) is 4.17. The summed E-state index contributed by atoms with van der Waals surface area (Å²) < 4.78 is 7.61. The molecule has 130 valence electrons. The molecule has 1 aliphatic heterocycles. The van der Waals surface area contributed by atoms with Gasteiger partial charge in [-0.05, 0) is 36.1 Å². The lowest BCUT2D eigenvalue weighted by Crippen LogP contribution is -2.31. The first-order chi connectivity index (χ1) is 12.1. The minimum absolute atomic E-state index is 0.400. The third kappa shape index (κ3) is 3.00. The topological polar surface area (TPSA) is 52.0 Å². The van der Waals surface area contributed by atoms with E-state index in [1.165, 1.54) is 11.1 Å². The average Bonchev–Trinajstić information content (AvgIpc) is 2.96. The van der Waals surface area contributed by atoms with E-state index < -0.39 is 0 Å². The van der Waals surface area contributed by atoms with Crippen molar-refractivity contribution in [3.63, 3.8) is 0 Å². The Morgan fingerprint density at radius 2 is 2.12 bits per heavy atom. The second kappa shape index (κ2) is 6.48. The van der Waals surface area contributed by atoms with Crippen molar-refractivity contribution in [2.45, 2.75) is 33.2 Å². The molecule has 5 nitrogen and oxygen atoms in total. The predicted octanol–water partition coefficient (Wildman–Crippen LogP) is 4.25. The number of nitrogens with zero attached hydrogens (tertiary/aromatic N) is 3. The number of ether oxygens (including phenoxy) is 1. The SMILES string of the molecule is Cc1cncc(C(C)C)c1Nc1nccc2c1ccn2CC1COC1. The monoisotopic (exact) mass is 336 g/mol. The highest BCUT2D eigenvalue weighted by Gasteiger charge is 2.20. The van der Waals surface area contributed by atoms with E-state index in [1.807, 2.05) is 18.6 Å². The Hall–Kier alpha value is -2.40. The van der Waals surface area contributed by atoms with Gasteiger partial charge in [0.2, 0.25) is 0 Å². The summed E-state index contributed by atoms with van der Waals surface area (Å²) in [7, 11) is 0. The number of fused-ring (bicyclic) bond motifs is 1. The van der Waals surface area contributed by atoms with Crippen molar-refractivity contribution in [1.29, 1.82) is 0 Å². The summed E-state index contributed by atoms with van der Waals surface area (Å²) in [5.74, 6) is 1.92. The smallest absolute Gasteiger partial charge is 0.139 e. The van der Waals surface area contributed by atoms with Crippen molar-refractivity contribution in [2.75, 3.05) is 18.5 Å². The molecule has 0 aromatic carbocycles. The van der Waals surface area contributed by atoms with Crippen LogP contribution in [-0.2, 0) is 11.3 Å². The lowest BCUT2D eigenvalue weighted by atomic mass is 10.0. The van der Waals surface area contributed by atoms with E-state index in [0.29, 0.717) is 11.8 Å². The van der Waals surface area contributed by atoms with Gasteiger partial charge in [0.1, 0.15) is 5.82 Å². The highest BCUT2D eigenvalue weighted by atomic mass is 16.5. The van der Waals surface area contributed by atoms with Crippen LogP contribution >= 0.6 is 0 Å². The molecule has 5 heteroatoms. The maximum Gasteiger partial charge on any atom is 0.139 e. The molecule has 4 heterocycles. The zero-order valence-corrected chi connectivity index (χ0v) is 15.0. The van der Waals surface area contributed by atoms with E-state index >= 15 is 0 Å². The fourth-order valence-corrected chi connectivity index (χ4v) is 3.36. The van der Waals surface area contributed by atoms with Crippen molar-refractivity contribution < 1.29 is 4.74 Å². The lowest BCUT2D eigenvalue weighted by Gasteiger charge is -2.26. The fourth-order valence-electron chi connectivity index (χ4n) is 3.36. The highest BCUT2D eigenvalue weighted by molar-refractivity contribution is 5.92. The summed E-state index contributed by atoms with van der Waals surface area (Å²) in [5, 5.41) is 4.72. The quantitative estimate of drug-likeness (QED) is 0.756. The Labute approximate surface area is 148 Å². The maximum atomic E-state index is 5.30. The van der Waals surface area contributed by atoms with Gasteiger partial charge in [0.25, 0.3) is 0 Å². The first-order valence-electron chi connectivity index (χ1n) is 8.86. The van der Waals surface area contributed by atoms with Gasteiger partial charge in [-0.25, -0.2) is 4.98 Å². The molecule has 1 fully saturated rings. The highest BCUT2D eigenvalue weighted by Crippen LogP contribution is 2.32. The fraction of sp³-hybridized carbons (Fsp3) is 0.400. The molecule has 1 aliphatic rings. The molecule has 3 aromatic heterocycles. The van der Waals surface area contributed by atoms with Gasteiger partial charge < -0.3 is 14.6 Å². The molecule has 0 amide bonds. The zero-order chi connectivity index (χ0) is 17.4. The van der Waals surface area contributed by atoms with Crippen LogP contribution in [-0.4, -0.2) is 27.7 Å². The molecule has 0 bridgehead atoms. The van der Waals surface area contributed by atoms with Gasteiger partial charge in [-0.1, -0.05) is 13.8 Å². The van der Waals surface area contributed by atoms with Crippen LogP contribution in [0.5, 0.6) is 0 Å². The first-order valence-corrected chi connectivity index (χ1v) is 8.86. The summed E-state index contributed by atoms with van der Waals surface area (Å²) in [5.41, 5.74) is 4.67. The molecular formula is C20H24N4O. The standard InChI is InChI=1S/C20H24N4O/c1-13(2)17-9-21-8-14(3)19(17)23-20-16-5-7-24(10-15-11-25-12-15)18(16)4-6-22-20/h4-9,13,15H,10-12H2,1-3H3,(H,21,22,23). The molecule has 0 saturated carbocycles. The van der Waals surface area contributed by atoms with Gasteiger partial charge in [0, 0.05) is 48.3 Å². The molecule has 0 spiro atoms. The van der Waals surface area contributed by atoms with Crippen LogP contribution in [0.25, 0.3) is 10.9 Å². The van der Waals surface area contributed by atoms with E-state index in [9.17, 15) is 0 Å². The lowest BCUT2D eigenvalue weighted by molar-refractivity contribution is -0.0388. The molecule has 1 saturated heterocycles. The van der Waals surface area contributed by atoms with Gasteiger partial charge in [-0.15, -0.1) is 0 Å². The molecule has 0 atom stereocenters. The normalized spacial score (nSPS) is 14.9. The van der Waals surface area contributed by atoms with Crippen LogP contribution in [0.15, 0.2) is 36.9 Å². The third-order valence-corrected chi connectivity index (χ3v) is 4.89. The second-order valence-electron chi connectivity index (χ2n) is 7.16. The van der Waals surface area contributed by atoms with Gasteiger partial charge >= 0.3 is 0 Å². The predicted molar refractivity (Wildman–Crippen MR) is 100 cm³/mol. The van der Waals surface area contributed by atoms with E-state index in [2.05, 4.69) is 59.0 Å². The number of hydrogen-bond donors (Lipinski definition) is 1. The summed E-state index contributed by atoms with van der Waals surface area (Å²) in [6.07, 6.45) is 7.88. The van der Waals surface area contributed by atoms with Gasteiger partial charge in [-0.2, -0.15) is 0 Å². The van der Waals surface area contributed by atoms with Crippen molar-refractivity contribution in [3.8, 4) is 0 Å². The summed E-state index contributed by atoms with van der Waals surface area (Å²) in [4.78, 5) is 8.95. The minimum Gasteiger partial charge on any atom is -0.381 e. The Balaban J connectivity index is 1.71.